The van der Waals surface area contributed by atoms with Gasteiger partial charge in [0.25, 0.3) is 11.7 Å². The maximum atomic E-state index is 12.7. The molecule has 144 valence electrons. The van der Waals surface area contributed by atoms with Gasteiger partial charge in [-0.1, -0.05) is 11.8 Å². The fraction of sp³-hybridized carbons (Fsp3) is 0.500. The zero-order valence-corrected chi connectivity index (χ0v) is 15.6. The first-order chi connectivity index (χ1) is 13.1. The van der Waals surface area contributed by atoms with E-state index in [9.17, 15) is 13.6 Å². The van der Waals surface area contributed by atoms with E-state index >= 15 is 0 Å². The van der Waals surface area contributed by atoms with Crippen molar-refractivity contribution >= 4 is 17.7 Å². The van der Waals surface area contributed by atoms with Crippen LogP contribution in [0.25, 0.3) is 0 Å². The van der Waals surface area contributed by atoms with Crippen molar-refractivity contribution in [3.8, 4) is 0 Å². The van der Waals surface area contributed by atoms with Crippen molar-refractivity contribution in [3.05, 3.63) is 41.5 Å². The molecule has 1 amide bonds. The van der Waals surface area contributed by atoms with Gasteiger partial charge < -0.3 is 14.8 Å². The van der Waals surface area contributed by atoms with Gasteiger partial charge in [0.1, 0.15) is 11.6 Å². The molecule has 0 bridgehead atoms. The number of thioether (sulfide) groups is 1. The lowest BCUT2D eigenvalue weighted by Crippen LogP contribution is -2.38. The summed E-state index contributed by atoms with van der Waals surface area (Å²) in [4.78, 5) is 15.0. The van der Waals surface area contributed by atoms with Crippen LogP contribution in [-0.2, 0) is 13.1 Å². The minimum Gasteiger partial charge on any atom is -0.339 e. The van der Waals surface area contributed by atoms with Crippen LogP contribution in [0.15, 0.2) is 29.2 Å². The third-order valence-corrected chi connectivity index (χ3v) is 5.85. The molecule has 2 aromatic rings. The molecule has 0 spiro atoms. The molecule has 2 aliphatic heterocycles. The second kappa shape index (κ2) is 7.93. The van der Waals surface area contributed by atoms with Gasteiger partial charge in [0.15, 0.2) is 0 Å². The largest absolute Gasteiger partial charge is 0.339 e. The average molecular weight is 393 g/mol. The number of halogens is 2. The van der Waals surface area contributed by atoms with Crippen molar-refractivity contribution < 1.29 is 13.6 Å². The number of benzene rings is 1. The Kier molecular flexibility index (Phi) is 5.40. The maximum absolute atomic E-state index is 12.7. The molecule has 1 N–H and O–H groups in total. The Labute approximate surface area is 160 Å². The summed E-state index contributed by atoms with van der Waals surface area (Å²) >= 11 is 0.486. The van der Waals surface area contributed by atoms with E-state index in [0.717, 1.165) is 44.1 Å². The first-order valence-corrected chi connectivity index (χ1v) is 9.96. The first kappa shape index (κ1) is 18.4. The Morgan fingerprint density at radius 2 is 1.89 bits per heavy atom. The molecule has 0 unspecified atom stereocenters. The molecule has 27 heavy (non-hydrogen) atoms. The quantitative estimate of drug-likeness (QED) is 0.810. The molecule has 0 radical (unpaired) electrons. The fourth-order valence-corrected chi connectivity index (χ4v) is 4.22. The highest BCUT2D eigenvalue weighted by molar-refractivity contribution is 7.99. The third-order valence-electron chi connectivity index (χ3n) is 5.13. The van der Waals surface area contributed by atoms with Gasteiger partial charge in [0, 0.05) is 42.6 Å². The first-order valence-electron chi connectivity index (χ1n) is 9.08. The van der Waals surface area contributed by atoms with Gasteiger partial charge in [-0.25, -0.2) is 0 Å². The van der Waals surface area contributed by atoms with Gasteiger partial charge in [-0.2, -0.15) is 8.78 Å². The number of hydrogen-bond acceptors (Lipinski definition) is 5. The summed E-state index contributed by atoms with van der Waals surface area (Å²) in [7, 11) is 0. The van der Waals surface area contributed by atoms with Crippen molar-refractivity contribution in [2.45, 2.75) is 42.5 Å². The predicted octanol–water partition coefficient (Wildman–Crippen LogP) is 2.72. The van der Waals surface area contributed by atoms with E-state index in [1.165, 1.54) is 0 Å². The van der Waals surface area contributed by atoms with E-state index in [4.69, 9.17) is 0 Å². The number of fused-ring (bicyclic) bond motifs is 1. The molecule has 6 nitrogen and oxygen atoms in total. The number of nitrogens with zero attached hydrogens (tertiary/aromatic N) is 4. The van der Waals surface area contributed by atoms with E-state index in [0.29, 0.717) is 41.2 Å². The van der Waals surface area contributed by atoms with Crippen molar-refractivity contribution in [3.63, 3.8) is 0 Å². The topological polar surface area (TPSA) is 63.1 Å². The number of amides is 1. The zero-order chi connectivity index (χ0) is 18.8. The minimum atomic E-state index is -2.45. The van der Waals surface area contributed by atoms with Gasteiger partial charge in [-0.05, 0) is 37.1 Å². The molecular weight excluding hydrogens is 372 g/mol. The molecule has 0 aliphatic carbocycles. The van der Waals surface area contributed by atoms with E-state index < -0.39 is 5.76 Å². The lowest BCUT2D eigenvalue weighted by atomic mass is 9.95. The molecule has 4 rings (SSSR count). The molecule has 1 saturated heterocycles. The molecule has 1 aromatic heterocycles. The van der Waals surface area contributed by atoms with Crippen LogP contribution in [0.1, 0.15) is 40.8 Å². The van der Waals surface area contributed by atoms with Crippen LogP contribution in [0.2, 0.25) is 0 Å². The number of hydrogen-bond donors (Lipinski definition) is 1. The van der Waals surface area contributed by atoms with Crippen molar-refractivity contribution in [1.29, 1.82) is 0 Å². The van der Waals surface area contributed by atoms with Crippen LogP contribution in [0, 0.1) is 0 Å². The maximum Gasteiger partial charge on any atom is 0.288 e. The summed E-state index contributed by atoms with van der Waals surface area (Å²) in [5.74, 6) is -0.166. The smallest absolute Gasteiger partial charge is 0.288 e. The molecule has 0 atom stereocenters. The summed E-state index contributed by atoms with van der Waals surface area (Å²) in [6.45, 7) is 3.90. The Hall–Kier alpha value is -2.00. The lowest BCUT2D eigenvalue weighted by molar-refractivity contribution is 0.0710. The molecule has 1 fully saturated rings. The Balaban J connectivity index is 1.37. The van der Waals surface area contributed by atoms with Crippen LogP contribution in [0.5, 0.6) is 0 Å². The number of piperidine rings is 1. The Bertz CT molecular complexity index is 803. The SMILES string of the molecule is O=C(c1ccc(SC(F)F)cc1)N1CCC(c2nnc3n2CCNC3)CC1. The highest BCUT2D eigenvalue weighted by atomic mass is 32.2. The van der Waals surface area contributed by atoms with Gasteiger partial charge in [0.2, 0.25) is 0 Å². The van der Waals surface area contributed by atoms with E-state index in [1.54, 1.807) is 24.3 Å². The zero-order valence-electron chi connectivity index (χ0n) is 14.8. The molecule has 0 saturated carbocycles. The van der Waals surface area contributed by atoms with Gasteiger partial charge in [-0.3, -0.25) is 4.79 Å². The highest BCUT2D eigenvalue weighted by Crippen LogP contribution is 2.29. The predicted molar refractivity (Wildman–Crippen MR) is 97.9 cm³/mol. The number of likely N-dealkylation sites (tertiary alicyclic amines) is 1. The van der Waals surface area contributed by atoms with E-state index in [-0.39, 0.29) is 5.91 Å². The van der Waals surface area contributed by atoms with Gasteiger partial charge >= 0.3 is 0 Å². The van der Waals surface area contributed by atoms with Crippen LogP contribution in [-0.4, -0.2) is 51.0 Å². The molecule has 2 aliphatic rings. The summed E-state index contributed by atoms with van der Waals surface area (Å²) < 4.78 is 27.0. The monoisotopic (exact) mass is 393 g/mol. The van der Waals surface area contributed by atoms with Gasteiger partial charge in [-0.15, -0.1) is 10.2 Å². The normalized spacial score (nSPS) is 18.0. The number of carbonyl (C=O) groups excluding carboxylic acids is 1. The summed E-state index contributed by atoms with van der Waals surface area (Å²) in [5.41, 5.74) is 0.540. The standard InChI is InChI=1S/C18H21F2N5OS/c19-18(20)27-14-3-1-13(2-4-14)17(26)24-8-5-12(6-9-24)16-23-22-15-11-21-7-10-25(15)16/h1-4,12,18,21H,5-11H2. The van der Waals surface area contributed by atoms with Crippen LogP contribution >= 0.6 is 11.8 Å². The number of nitrogens with one attached hydrogen (secondary N) is 1. The fourth-order valence-electron chi connectivity index (χ4n) is 3.72. The summed E-state index contributed by atoms with van der Waals surface area (Å²) in [6, 6.07) is 6.41. The number of aromatic nitrogens is 3. The lowest BCUT2D eigenvalue weighted by Gasteiger charge is -2.32. The van der Waals surface area contributed by atoms with Crippen LogP contribution < -0.4 is 5.32 Å². The average Bonchev–Trinajstić information content (AvgIpc) is 3.12. The number of rotatable bonds is 4. The minimum absolute atomic E-state index is 0.0467. The Morgan fingerprint density at radius 3 is 2.59 bits per heavy atom. The molecule has 1 aromatic carbocycles. The van der Waals surface area contributed by atoms with Gasteiger partial charge in [0.05, 0.1) is 6.54 Å². The molecule has 3 heterocycles. The highest BCUT2D eigenvalue weighted by Gasteiger charge is 2.29. The van der Waals surface area contributed by atoms with Crippen LogP contribution in [0.4, 0.5) is 8.78 Å². The molecular formula is C18H21F2N5OS. The number of carbonyl (C=O) groups is 1. The second-order valence-electron chi connectivity index (χ2n) is 6.77. The van der Waals surface area contributed by atoms with E-state index in [1.807, 2.05) is 4.90 Å². The van der Waals surface area contributed by atoms with Crippen molar-refractivity contribution in [1.82, 2.24) is 25.0 Å². The molecule has 9 heteroatoms. The second-order valence-corrected chi connectivity index (χ2v) is 7.84. The van der Waals surface area contributed by atoms with Crippen molar-refractivity contribution in [2.24, 2.45) is 0 Å². The van der Waals surface area contributed by atoms with Crippen molar-refractivity contribution in [2.75, 3.05) is 19.6 Å². The third kappa shape index (κ3) is 3.98. The summed E-state index contributed by atoms with van der Waals surface area (Å²) in [6.07, 6.45) is 1.72. The van der Waals surface area contributed by atoms with Crippen LogP contribution in [0.3, 0.4) is 0 Å². The Morgan fingerprint density at radius 1 is 1.15 bits per heavy atom. The number of alkyl halides is 2. The van der Waals surface area contributed by atoms with E-state index in [2.05, 4.69) is 20.1 Å². The summed E-state index contributed by atoms with van der Waals surface area (Å²) in [5, 5.41) is 12.0.